The van der Waals surface area contributed by atoms with Crippen molar-refractivity contribution in [3.8, 4) is 0 Å². The summed E-state index contributed by atoms with van der Waals surface area (Å²) < 4.78 is 359. The van der Waals surface area contributed by atoms with Crippen molar-refractivity contribution < 1.29 is 172 Å². The molecular weight excluding hydrogens is 1060 g/mol. The van der Waals surface area contributed by atoms with E-state index >= 15 is 0 Å². The third-order valence-corrected chi connectivity index (χ3v) is 7.85. The van der Waals surface area contributed by atoms with Crippen molar-refractivity contribution in [1.82, 2.24) is 0 Å². The zero-order valence-corrected chi connectivity index (χ0v) is 33.6. The monoisotopic (exact) mass is 1080 g/mol. The number of alkyl halides is 29. The van der Waals surface area contributed by atoms with Crippen molar-refractivity contribution >= 4 is 34.5 Å². The summed E-state index contributed by atoms with van der Waals surface area (Å²) in [6.07, 6.45) is -68.3. The van der Waals surface area contributed by atoms with Crippen LogP contribution in [0, 0.1) is 11.8 Å². The van der Waals surface area contributed by atoms with Crippen LogP contribution in [-0.2, 0) is 14.3 Å². The first-order chi connectivity index (χ1) is 25.4. The van der Waals surface area contributed by atoms with E-state index in [1.807, 2.05) is 0 Å². The maximum atomic E-state index is 13.8. The molecule has 0 amide bonds. The zero-order valence-electron chi connectivity index (χ0n) is 29.4. The molecule has 0 saturated heterocycles. The van der Waals surface area contributed by atoms with Gasteiger partial charge in [0.1, 0.15) is 0 Å². The molecule has 0 fully saturated rings. The van der Waals surface area contributed by atoms with Crippen LogP contribution in [0.3, 0.4) is 0 Å². The van der Waals surface area contributed by atoms with Gasteiger partial charge in [0.2, 0.25) is 0 Å². The molecule has 0 atom stereocenters. The summed E-state index contributed by atoms with van der Waals surface area (Å²) in [6.45, 7) is 0.336. The predicted octanol–water partition coefficient (Wildman–Crippen LogP) is 8.64. The summed E-state index contributed by atoms with van der Waals surface area (Å²) >= 11 is 1.22. The van der Waals surface area contributed by atoms with Gasteiger partial charge >= 0.3 is 84.9 Å². The van der Waals surface area contributed by atoms with Crippen LogP contribution in [0.15, 0.2) is 0 Å². The fourth-order valence-corrected chi connectivity index (χ4v) is 5.12. The fraction of sp³-hybridized carbons (Fsp3) is 0.923. The largest absolute Gasteiger partial charge is 1.00 e. The van der Waals surface area contributed by atoms with Gasteiger partial charge in [-0.15, -0.1) is 0 Å². The number of carbonyl (C=O) groups is 2. The molecule has 0 spiro atoms. The van der Waals surface area contributed by atoms with Crippen molar-refractivity contribution in [2.45, 2.75) is 124 Å². The van der Waals surface area contributed by atoms with Crippen LogP contribution < -0.4 is 34.7 Å². The van der Waals surface area contributed by atoms with Crippen molar-refractivity contribution in [2.75, 3.05) is 11.0 Å². The SMILES string of the molecule is CC(=O)OCCC(CC(F)(C(F)(F)F)C(F)(F)F)CC(F)(C(F)(F)F)C(F)(F)F.CC(=O)[O-].FC(F)(F)C(F)(CC(CCI)CC(F)(C(F)(F)F)C(F)(F)F)C(F)(F)F.[Na+]. The molecule has 0 aromatic rings. The third kappa shape index (κ3) is 17.7. The van der Waals surface area contributed by atoms with E-state index < -0.39 is 145 Å². The van der Waals surface area contributed by atoms with Crippen LogP contribution in [0.25, 0.3) is 0 Å². The zero-order chi connectivity index (χ0) is 48.7. The molecule has 0 unspecified atom stereocenters. The van der Waals surface area contributed by atoms with Crippen molar-refractivity contribution in [3.05, 3.63) is 0 Å². The van der Waals surface area contributed by atoms with Gasteiger partial charge in [-0.05, 0) is 36.0 Å². The molecule has 0 aliphatic heterocycles. The molecular formula is C26H24F28INaO4. The van der Waals surface area contributed by atoms with Gasteiger partial charge in [0.15, 0.2) is 0 Å². The van der Waals surface area contributed by atoms with Crippen molar-refractivity contribution in [2.24, 2.45) is 11.8 Å². The van der Waals surface area contributed by atoms with Gasteiger partial charge in [-0.2, -0.15) is 105 Å². The standard InChI is InChI=1S/C13H12F14O2.C11H9F14I.C2H4O2.Na/c1-6(28)29-3-2-7(4-8(14,10(16,17)18)11(19,20)21)5-9(15,12(22,23)24)13(25,26)27;12-6(8(14,15)16,9(17,18)19)3-5(1-2-26)4-7(13,10(20,21)22)11(23,24)25;1-2(3)4;/h7H,2-5H2,1H3;5H,1-4H2;1H3,(H,3,4);/q;;;+1/p-1. The van der Waals surface area contributed by atoms with Crippen LogP contribution in [0.2, 0.25) is 0 Å². The van der Waals surface area contributed by atoms with Crippen LogP contribution >= 0.6 is 22.6 Å². The first kappa shape index (κ1) is 65.3. The molecule has 0 rings (SSSR count). The van der Waals surface area contributed by atoms with Crippen LogP contribution in [-0.4, -0.2) is 95.1 Å². The Bertz CT molecular complexity index is 1170. The van der Waals surface area contributed by atoms with Gasteiger partial charge in [-0.3, -0.25) is 4.79 Å². The summed E-state index contributed by atoms with van der Waals surface area (Å²) in [4.78, 5) is 19.4. The number of rotatable bonds is 13. The number of carbonyl (C=O) groups excluding carboxylic acids is 2. The first-order valence-corrected chi connectivity index (χ1v) is 16.1. The number of hydrogen-bond donors (Lipinski definition) is 0. The smallest absolute Gasteiger partial charge is 0.550 e. The summed E-state index contributed by atoms with van der Waals surface area (Å²) in [7, 11) is 0. The molecule has 0 aromatic carbocycles. The van der Waals surface area contributed by atoms with E-state index in [0.717, 1.165) is 6.92 Å². The van der Waals surface area contributed by atoms with E-state index in [-0.39, 0.29) is 29.6 Å². The second-order valence-electron chi connectivity index (χ2n) is 11.8. The van der Waals surface area contributed by atoms with E-state index in [1.54, 1.807) is 0 Å². The molecule has 34 heteroatoms. The van der Waals surface area contributed by atoms with E-state index in [2.05, 4.69) is 4.74 Å². The average molecular weight is 1080 g/mol. The maximum absolute atomic E-state index is 13.8. The van der Waals surface area contributed by atoms with Gasteiger partial charge in [0, 0.05) is 38.6 Å². The Morgan fingerprint density at radius 3 is 0.733 bits per heavy atom. The molecule has 60 heavy (non-hydrogen) atoms. The number of carboxylic acids is 1. The average Bonchev–Trinajstić information content (AvgIpc) is 2.92. The van der Waals surface area contributed by atoms with Crippen LogP contribution in [0.4, 0.5) is 123 Å². The second-order valence-corrected chi connectivity index (χ2v) is 12.9. The first-order valence-electron chi connectivity index (χ1n) is 14.5. The molecule has 0 bridgehead atoms. The van der Waals surface area contributed by atoms with E-state index in [1.165, 1.54) is 22.6 Å². The van der Waals surface area contributed by atoms with Gasteiger partial charge < -0.3 is 14.6 Å². The molecule has 0 saturated carbocycles. The Morgan fingerprint density at radius 1 is 0.433 bits per heavy atom. The Balaban J connectivity index is -0.000000474. The maximum Gasteiger partial charge on any atom is 1.00 e. The Kier molecular flexibility index (Phi) is 24.0. The van der Waals surface area contributed by atoms with Crippen molar-refractivity contribution in [3.63, 3.8) is 0 Å². The number of ether oxygens (including phenoxy) is 1. The van der Waals surface area contributed by atoms with Crippen LogP contribution in [0.1, 0.15) is 52.4 Å². The molecule has 0 aliphatic carbocycles. The third-order valence-electron chi connectivity index (χ3n) is 7.22. The van der Waals surface area contributed by atoms with Gasteiger partial charge in [0.05, 0.1) is 6.61 Å². The molecule has 0 N–H and O–H groups in total. The number of aliphatic carboxylic acids is 1. The molecule has 356 valence electrons. The van der Waals surface area contributed by atoms with Gasteiger partial charge in [-0.1, -0.05) is 22.6 Å². The molecule has 4 nitrogen and oxygen atoms in total. The Hall–Kier alpha value is -1.29. The minimum absolute atomic E-state index is 0. The molecule has 0 heterocycles. The van der Waals surface area contributed by atoms with Crippen molar-refractivity contribution in [1.29, 1.82) is 0 Å². The fourth-order valence-electron chi connectivity index (χ4n) is 4.24. The van der Waals surface area contributed by atoms with E-state index in [4.69, 9.17) is 9.90 Å². The summed E-state index contributed by atoms with van der Waals surface area (Å²) in [6, 6.07) is 0. The number of halogens is 29. The summed E-state index contributed by atoms with van der Waals surface area (Å²) in [5, 5.41) is 8.89. The van der Waals surface area contributed by atoms with Gasteiger partial charge in [-0.25, -0.2) is 17.6 Å². The molecule has 0 aromatic heterocycles. The minimum Gasteiger partial charge on any atom is -0.550 e. The van der Waals surface area contributed by atoms with Gasteiger partial charge in [0.25, 0.3) is 22.7 Å². The summed E-state index contributed by atoms with van der Waals surface area (Å²) in [5.41, 5.74) is -24.7. The topological polar surface area (TPSA) is 66.4 Å². The minimum atomic E-state index is -6.79. The number of hydrogen-bond acceptors (Lipinski definition) is 4. The molecule has 0 aliphatic rings. The molecule has 0 radical (unpaired) electrons. The van der Waals surface area contributed by atoms with Crippen LogP contribution in [0.5, 0.6) is 0 Å². The second kappa shape index (κ2) is 22.1. The quantitative estimate of drug-likeness (QED) is 0.0610. The van der Waals surface area contributed by atoms with E-state index in [0.29, 0.717) is 6.92 Å². The van der Waals surface area contributed by atoms with E-state index in [9.17, 15) is 128 Å². The number of esters is 1. The normalized spacial score (nSPS) is 14.5. The number of carboxylic acid groups (broad SMARTS) is 1. The predicted molar refractivity (Wildman–Crippen MR) is 145 cm³/mol. The Morgan fingerprint density at radius 2 is 0.600 bits per heavy atom. The summed E-state index contributed by atoms with van der Waals surface area (Å²) in [5.74, 6) is -8.32. The Labute approximate surface area is 352 Å².